The Morgan fingerprint density at radius 2 is 2.15 bits per heavy atom. The quantitative estimate of drug-likeness (QED) is 0.757. The van der Waals surface area contributed by atoms with Gasteiger partial charge in [-0.2, -0.15) is 0 Å². The molecule has 2 heteroatoms. The highest BCUT2D eigenvalue weighted by Gasteiger charge is 2.13. The Morgan fingerprint density at radius 1 is 1.31 bits per heavy atom. The third-order valence-corrected chi connectivity index (χ3v) is 2.77. The van der Waals surface area contributed by atoms with Crippen molar-refractivity contribution >= 4 is 0 Å². The highest BCUT2D eigenvalue weighted by atomic mass is 14.9. The van der Waals surface area contributed by atoms with E-state index in [2.05, 4.69) is 16.9 Å². The average Bonchev–Trinajstić information content (AvgIpc) is 2.57. The number of hydrogen-bond acceptors (Lipinski definition) is 1. The second-order valence-corrected chi connectivity index (χ2v) is 3.92. The number of hydrogen-bond donors (Lipinski definition) is 1. The van der Waals surface area contributed by atoms with E-state index in [1.165, 1.54) is 55.7 Å². The van der Waals surface area contributed by atoms with Gasteiger partial charge in [-0.05, 0) is 32.1 Å². The van der Waals surface area contributed by atoms with Crippen LogP contribution in [0.15, 0.2) is 0 Å². The molecule has 1 aliphatic rings. The van der Waals surface area contributed by atoms with Crippen LogP contribution in [0.5, 0.6) is 0 Å². The molecule has 0 aromatic carbocycles. The molecule has 1 aliphatic carbocycles. The highest BCUT2D eigenvalue weighted by molar-refractivity contribution is 5.17. The molecule has 1 N–H and O–H groups in total. The fourth-order valence-corrected chi connectivity index (χ4v) is 1.98. The molecule has 13 heavy (non-hydrogen) atoms. The molecule has 0 saturated carbocycles. The molecular formula is C11H18N2. The Morgan fingerprint density at radius 3 is 2.92 bits per heavy atom. The van der Waals surface area contributed by atoms with Crippen LogP contribution in [0, 0.1) is 0 Å². The first-order chi connectivity index (χ1) is 6.40. The Bertz CT molecular complexity index is 252. The van der Waals surface area contributed by atoms with Crippen molar-refractivity contribution in [3.05, 3.63) is 17.2 Å². The van der Waals surface area contributed by atoms with Crippen LogP contribution in [0.2, 0.25) is 0 Å². The van der Waals surface area contributed by atoms with E-state index in [1.807, 2.05) is 0 Å². The van der Waals surface area contributed by atoms with Crippen LogP contribution in [0.3, 0.4) is 0 Å². The molecule has 0 unspecified atom stereocenters. The second kappa shape index (κ2) is 3.95. The van der Waals surface area contributed by atoms with Crippen molar-refractivity contribution in [2.75, 3.05) is 0 Å². The summed E-state index contributed by atoms with van der Waals surface area (Å²) in [6.07, 6.45) is 8.71. The lowest BCUT2D eigenvalue weighted by Crippen LogP contribution is -2.00. The van der Waals surface area contributed by atoms with Crippen LogP contribution in [0.25, 0.3) is 0 Å². The zero-order valence-electron chi connectivity index (χ0n) is 8.40. The third-order valence-electron chi connectivity index (χ3n) is 2.77. The first kappa shape index (κ1) is 8.79. The maximum Gasteiger partial charge on any atom is 0.106 e. The minimum absolute atomic E-state index is 1.13. The van der Waals surface area contributed by atoms with Crippen LogP contribution in [0.4, 0.5) is 0 Å². The maximum atomic E-state index is 4.63. The van der Waals surface area contributed by atoms with Crippen LogP contribution >= 0.6 is 0 Å². The van der Waals surface area contributed by atoms with E-state index in [0.29, 0.717) is 0 Å². The molecule has 0 atom stereocenters. The fraction of sp³-hybridized carbons (Fsp3) is 0.727. The lowest BCUT2D eigenvalue weighted by molar-refractivity contribution is 0.667. The van der Waals surface area contributed by atoms with E-state index < -0.39 is 0 Å². The van der Waals surface area contributed by atoms with Crippen molar-refractivity contribution in [3.8, 4) is 0 Å². The molecule has 0 aliphatic heterocycles. The van der Waals surface area contributed by atoms with Crippen molar-refractivity contribution in [3.63, 3.8) is 0 Å². The number of rotatable bonds is 3. The van der Waals surface area contributed by atoms with Gasteiger partial charge in [-0.15, -0.1) is 0 Å². The number of fused-ring (bicyclic) bond motifs is 1. The molecule has 0 fully saturated rings. The molecule has 2 nitrogen and oxygen atoms in total. The van der Waals surface area contributed by atoms with E-state index in [0.717, 1.165) is 6.42 Å². The molecule has 0 radical (unpaired) electrons. The number of aryl methyl sites for hydroxylation is 3. The van der Waals surface area contributed by atoms with Gasteiger partial charge in [0.25, 0.3) is 0 Å². The standard InChI is InChI=1S/C11H18N2/c1-2-3-8-11-12-9-6-4-5-7-10(9)13-11/h2-8H2,1H3,(H,12,13). The van der Waals surface area contributed by atoms with Gasteiger partial charge < -0.3 is 4.98 Å². The number of imidazole rings is 1. The number of unbranched alkanes of at least 4 members (excludes halogenated alkanes) is 1. The largest absolute Gasteiger partial charge is 0.346 e. The summed E-state index contributed by atoms with van der Waals surface area (Å²) < 4.78 is 0. The summed E-state index contributed by atoms with van der Waals surface area (Å²) in [6, 6.07) is 0. The fourth-order valence-electron chi connectivity index (χ4n) is 1.98. The summed E-state index contributed by atoms with van der Waals surface area (Å²) in [5, 5.41) is 0. The van der Waals surface area contributed by atoms with Crippen LogP contribution in [0.1, 0.15) is 49.8 Å². The van der Waals surface area contributed by atoms with Gasteiger partial charge >= 0.3 is 0 Å². The number of aromatic amines is 1. The molecule has 2 rings (SSSR count). The second-order valence-electron chi connectivity index (χ2n) is 3.92. The zero-order valence-corrected chi connectivity index (χ0v) is 8.40. The first-order valence-electron chi connectivity index (χ1n) is 5.46. The van der Waals surface area contributed by atoms with Gasteiger partial charge in [0.2, 0.25) is 0 Å². The maximum absolute atomic E-state index is 4.63. The van der Waals surface area contributed by atoms with Crippen molar-refractivity contribution in [1.82, 2.24) is 9.97 Å². The van der Waals surface area contributed by atoms with Crippen molar-refractivity contribution in [2.45, 2.75) is 51.9 Å². The highest BCUT2D eigenvalue weighted by Crippen LogP contribution is 2.19. The SMILES string of the molecule is CCCCc1nc2c([nH]1)CCCC2. The lowest BCUT2D eigenvalue weighted by Gasteiger charge is -2.07. The Kier molecular flexibility index (Phi) is 2.67. The zero-order chi connectivity index (χ0) is 9.10. The molecule has 0 spiro atoms. The van der Waals surface area contributed by atoms with Crippen molar-refractivity contribution in [2.24, 2.45) is 0 Å². The monoisotopic (exact) mass is 178 g/mol. The van der Waals surface area contributed by atoms with Gasteiger partial charge in [0.15, 0.2) is 0 Å². The van der Waals surface area contributed by atoms with E-state index in [-0.39, 0.29) is 0 Å². The number of nitrogens with one attached hydrogen (secondary N) is 1. The first-order valence-corrected chi connectivity index (χ1v) is 5.46. The molecule has 1 heterocycles. The predicted octanol–water partition coefficient (Wildman–Crippen LogP) is 2.63. The van der Waals surface area contributed by atoms with Gasteiger partial charge in [-0.1, -0.05) is 13.3 Å². The van der Waals surface area contributed by atoms with Gasteiger partial charge in [0.05, 0.1) is 5.69 Å². The summed E-state index contributed by atoms with van der Waals surface area (Å²) in [4.78, 5) is 8.09. The Hall–Kier alpha value is -0.790. The minimum atomic E-state index is 1.13. The van der Waals surface area contributed by atoms with E-state index in [4.69, 9.17) is 0 Å². The minimum Gasteiger partial charge on any atom is -0.346 e. The topological polar surface area (TPSA) is 28.7 Å². The van der Waals surface area contributed by atoms with Crippen LogP contribution < -0.4 is 0 Å². The summed E-state index contributed by atoms with van der Waals surface area (Å²) in [5.41, 5.74) is 2.76. The van der Waals surface area contributed by atoms with E-state index in [9.17, 15) is 0 Å². The van der Waals surface area contributed by atoms with Gasteiger partial charge in [-0.25, -0.2) is 4.98 Å². The van der Waals surface area contributed by atoms with Crippen molar-refractivity contribution < 1.29 is 0 Å². The number of H-pyrrole nitrogens is 1. The van der Waals surface area contributed by atoms with E-state index >= 15 is 0 Å². The molecule has 72 valence electrons. The Balaban J connectivity index is 2.07. The lowest BCUT2D eigenvalue weighted by atomic mass is 10.0. The molecule has 1 aromatic heterocycles. The third kappa shape index (κ3) is 1.93. The summed E-state index contributed by atoms with van der Waals surface area (Å²) in [5.74, 6) is 1.22. The normalized spacial score (nSPS) is 15.8. The van der Waals surface area contributed by atoms with Crippen LogP contribution in [-0.4, -0.2) is 9.97 Å². The average molecular weight is 178 g/mol. The molecule has 1 aromatic rings. The number of aromatic nitrogens is 2. The summed E-state index contributed by atoms with van der Waals surface area (Å²) >= 11 is 0. The van der Waals surface area contributed by atoms with E-state index in [1.54, 1.807) is 0 Å². The summed E-state index contributed by atoms with van der Waals surface area (Å²) in [7, 11) is 0. The van der Waals surface area contributed by atoms with Gasteiger partial charge in [0.1, 0.15) is 5.82 Å². The number of nitrogens with zero attached hydrogens (tertiary/aromatic N) is 1. The summed E-state index contributed by atoms with van der Waals surface area (Å²) in [6.45, 7) is 2.23. The smallest absolute Gasteiger partial charge is 0.106 e. The van der Waals surface area contributed by atoms with Gasteiger partial charge in [0, 0.05) is 12.1 Å². The molecule has 0 bridgehead atoms. The van der Waals surface area contributed by atoms with Crippen LogP contribution in [-0.2, 0) is 19.3 Å². The van der Waals surface area contributed by atoms with Gasteiger partial charge in [-0.3, -0.25) is 0 Å². The molecule has 0 amide bonds. The molecule has 0 saturated heterocycles. The predicted molar refractivity (Wildman–Crippen MR) is 53.8 cm³/mol. The Labute approximate surface area is 79.8 Å². The van der Waals surface area contributed by atoms with Crippen molar-refractivity contribution in [1.29, 1.82) is 0 Å². The molecular weight excluding hydrogens is 160 g/mol.